The van der Waals surface area contributed by atoms with Crippen LogP contribution < -0.4 is 15.6 Å². The molecule has 8 heteroatoms. The van der Waals surface area contributed by atoms with Crippen molar-refractivity contribution < 1.29 is 14.3 Å². The van der Waals surface area contributed by atoms with E-state index in [1.54, 1.807) is 36.4 Å². The Hall–Kier alpha value is -1.76. The van der Waals surface area contributed by atoms with E-state index in [4.69, 9.17) is 27.9 Å². The van der Waals surface area contributed by atoms with Gasteiger partial charge in [-0.1, -0.05) is 39.1 Å². The Morgan fingerprint density at radius 2 is 1.74 bits per heavy atom. The molecule has 0 fully saturated rings. The molecule has 0 aromatic heterocycles. The molecule has 5 nitrogen and oxygen atoms in total. The molecule has 23 heavy (non-hydrogen) atoms. The molecule has 2 aromatic rings. The first-order chi connectivity index (χ1) is 11.0. The monoisotopic (exact) mass is 416 g/mol. The van der Waals surface area contributed by atoms with Crippen LogP contribution >= 0.6 is 39.1 Å². The Balaban J connectivity index is 1.81. The standard InChI is InChI=1S/C15H11BrCl2N2O3/c16-10-3-1-9(2-4-10)15(22)20-19-14(21)8-23-13-6-5-11(17)7-12(13)18/h1-7H,8H2,(H,19,21)(H,20,22). The number of hydrogen-bond donors (Lipinski definition) is 2. The van der Waals surface area contributed by atoms with Crippen molar-refractivity contribution >= 4 is 50.9 Å². The third kappa shape index (κ3) is 5.42. The maximum absolute atomic E-state index is 11.8. The van der Waals surface area contributed by atoms with Crippen molar-refractivity contribution in [3.05, 3.63) is 62.5 Å². The van der Waals surface area contributed by atoms with Crippen LogP contribution in [-0.4, -0.2) is 18.4 Å². The fourth-order valence-electron chi connectivity index (χ4n) is 1.57. The average Bonchev–Trinajstić information content (AvgIpc) is 2.52. The summed E-state index contributed by atoms with van der Waals surface area (Å²) in [6, 6.07) is 11.3. The Kier molecular flexibility index (Phi) is 6.27. The van der Waals surface area contributed by atoms with E-state index in [1.165, 1.54) is 6.07 Å². The maximum Gasteiger partial charge on any atom is 0.276 e. The Morgan fingerprint density at radius 3 is 2.39 bits per heavy atom. The van der Waals surface area contributed by atoms with E-state index in [9.17, 15) is 9.59 Å². The molecule has 0 aliphatic carbocycles. The van der Waals surface area contributed by atoms with Gasteiger partial charge >= 0.3 is 0 Å². The zero-order chi connectivity index (χ0) is 16.8. The summed E-state index contributed by atoms with van der Waals surface area (Å²) in [6.07, 6.45) is 0. The zero-order valence-corrected chi connectivity index (χ0v) is 14.7. The fraction of sp³-hybridized carbons (Fsp3) is 0.0667. The molecular formula is C15H11BrCl2N2O3. The second-order valence-electron chi connectivity index (χ2n) is 4.37. The smallest absolute Gasteiger partial charge is 0.276 e. The third-order valence-corrected chi connectivity index (χ3v) is 3.73. The molecule has 0 aliphatic heterocycles. The van der Waals surface area contributed by atoms with E-state index in [0.29, 0.717) is 21.4 Å². The molecule has 120 valence electrons. The minimum Gasteiger partial charge on any atom is -0.482 e. The normalized spacial score (nSPS) is 10.0. The van der Waals surface area contributed by atoms with Gasteiger partial charge in [-0.25, -0.2) is 0 Å². The van der Waals surface area contributed by atoms with Gasteiger partial charge in [0.05, 0.1) is 5.02 Å². The van der Waals surface area contributed by atoms with Crippen LogP contribution in [0, 0.1) is 0 Å². The van der Waals surface area contributed by atoms with Crippen LogP contribution in [0.3, 0.4) is 0 Å². The highest BCUT2D eigenvalue weighted by Gasteiger charge is 2.09. The molecule has 0 unspecified atom stereocenters. The van der Waals surface area contributed by atoms with Crippen molar-refractivity contribution in [3.8, 4) is 5.75 Å². The second kappa shape index (κ2) is 8.19. The van der Waals surface area contributed by atoms with Gasteiger partial charge in [-0.15, -0.1) is 0 Å². The molecule has 0 saturated heterocycles. The molecule has 2 amide bonds. The summed E-state index contributed by atoms with van der Waals surface area (Å²) in [6.45, 7) is -0.304. The SMILES string of the molecule is O=C(COc1ccc(Cl)cc1Cl)NNC(=O)c1ccc(Br)cc1. The number of halogens is 3. The number of hydrogen-bond acceptors (Lipinski definition) is 3. The molecule has 2 N–H and O–H groups in total. The summed E-state index contributed by atoms with van der Waals surface area (Å²) in [5.74, 6) is -0.637. The molecular weight excluding hydrogens is 407 g/mol. The Labute approximate surface area is 151 Å². The highest BCUT2D eigenvalue weighted by atomic mass is 79.9. The lowest BCUT2D eigenvalue weighted by Crippen LogP contribution is -2.43. The van der Waals surface area contributed by atoms with Crippen LogP contribution in [0.15, 0.2) is 46.9 Å². The second-order valence-corrected chi connectivity index (χ2v) is 6.13. The Bertz CT molecular complexity index is 723. The topological polar surface area (TPSA) is 67.4 Å². The number of benzene rings is 2. The van der Waals surface area contributed by atoms with Crippen molar-refractivity contribution in [2.75, 3.05) is 6.61 Å². The van der Waals surface area contributed by atoms with Crippen molar-refractivity contribution in [2.24, 2.45) is 0 Å². The quantitative estimate of drug-likeness (QED) is 0.747. The van der Waals surface area contributed by atoms with Crippen molar-refractivity contribution in [3.63, 3.8) is 0 Å². The molecule has 2 rings (SSSR count). The minimum absolute atomic E-state index is 0.296. The van der Waals surface area contributed by atoms with Crippen LogP contribution in [0.25, 0.3) is 0 Å². The number of carbonyl (C=O) groups is 2. The van der Waals surface area contributed by atoms with Gasteiger partial charge in [0.15, 0.2) is 6.61 Å². The first kappa shape index (κ1) is 17.6. The first-order valence-electron chi connectivity index (χ1n) is 6.38. The van der Waals surface area contributed by atoms with Crippen molar-refractivity contribution in [1.82, 2.24) is 10.9 Å². The summed E-state index contributed by atoms with van der Waals surface area (Å²) in [5.41, 5.74) is 4.95. The summed E-state index contributed by atoms with van der Waals surface area (Å²) in [5, 5.41) is 0.762. The van der Waals surface area contributed by atoms with Crippen LogP contribution in [0.1, 0.15) is 10.4 Å². The molecule has 0 radical (unpaired) electrons. The van der Waals surface area contributed by atoms with E-state index >= 15 is 0 Å². The molecule has 2 aromatic carbocycles. The number of nitrogens with one attached hydrogen (secondary N) is 2. The minimum atomic E-state index is -0.526. The van der Waals surface area contributed by atoms with E-state index in [-0.39, 0.29) is 6.61 Å². The van der Waals surface area contributed by atoms with E-state index in [2.05, 4.69) is 26.8 Å². The lowest BCUT2D eigenvalue weighted by molar-refractivity contribution is -0.123. The highest BCUT2D eigenvalue weighted by molar-refractivity contribution is 9.10. The summed E-state index contributed by atoms with van der Waals surface area (Å²) in [4.78, 5) is 23.5. The number of amides is 2. The van der Waals surface area contributed by atoms with Crippen LogP contribution in [0.4, 0.5) is 0 Å². The van der Waals surface area contributed by atoms with Crippen molar-refractivity contribution in [2.45, 2.75) is 0 Å². The van der Waals surface area contributed by atoms with Gasteiger partial charge in [0.1, 0.15) is 5.75 Å². The molecule has 0 atom stereocenters. The summed E-state index contributed by atoms with van der Waals surface area (Å²) < 4.78 is 6.10. The number of rotatable bonds is 4. The van der Waals surface area contributed by atoms with Crippen LogP contribution in [-0.2, 0) is 4.79 Å². The lowest BCUT2D eigenvalue weighted by Gasteiger charge is -2.10. The Morgan fingerprint density at radius 1 is 1.04 bits per heavy atom. The predicted molar refractivity (Wildman–Crippen MR) is 91.7 cm³/mol. The molecule has 0 spiro atoms. The van der Waals surface area contributed by atoms with Gasteiger partial charge in [-0.05, 0) is 42.5 Å². The van der Waals surface area contributed by atoms with Gasteiger partial charge in [0, 0.05) is 15.1 Å². The molecule has 0 bridgehead atoms. The maximum atomic E-state index is 11.8. The van der Waals surface area contributed by atoms with Gasteiger partial charge in [0.25, 0.3) is 11.8 Å². The number of hydrazine groups is 1. The van der Waals surface area contributed by atoms with E-state index in [0.717, 1.165) is 4.47 Å². The highest BCUT2D eigenvalue weighted by Crippen LogP contribution is 2.27. The summed E-state index contributed by atoms with van der Waals surface area (Å²) in [7, 11) is 0. The third-order valence-electron chi connectivity index (χ3n) is 2.67. The zero-order valence-electron chi connectivity index (χ0n) is 11.6. The number of ether oxygens (including phenoxy) is 1. The van der Waals surface area contributed by atoms with Crippen LogP contribution in [0.2, 0.25) is 10.0 Å². The van der Waals surface area contributed by atoms with Gasteiger partial charge < -0.3 is 4.74 Å². The van der Waals surface area contributed by atoms with E-state index in [1.807, 2.05) is 0 Å². The molecule has 0 aliphatic rings. The van der Waals surface area contributed by atoms with Crippen molar-refractivity contribution in [1.29, 1.82) is 0 Å². The van der Waals surface area contributed by atoms with Gasteiger partial charge in [0.2, 0.25) is 0 Å². The predicted octanol–water partition coefficient (Wildman–Crippen LogP) is 3.60. The fourth-order valence-corrected chi connectivity index (χ4v) is 2.30. The summed E-state index contributed by atoms with van der Waals surface area (Å²) >= 11 is 15.0. The molecule has 0 saturated carbocycles. The van der Waals surface area contributed by atoms with Gasteiger partial charge in [-0.3, -0.25) is 20.4 Å². The number of carbonyl (C=O) groups excluding carboxylic acids is 2. The lowest BCUT2D eigenvalue weighted by atomic mass is 10.2. The van der Waals surface area contributed by atoms with E-state index < -0.39 is 11.8 Å². The van der Waals surface area contributed by atoms with Crippen LogP contribution in [0.5, 0.6) is 5.75 Å². The first-order valence-corrected chi connectivity index (χ1v) is 7.93. The largest absolute Gasteiger partial charge is 0.482 e. The van der Waals surface area contributed by atoms with Gasteiger partial charge in [-0.2, -0.15) is 0 Å². The average molecular weight is 418 g/mol. The molecule has 0 heterocycles.